The summed E-state index contributed by atoms with van der Waals surface area (Å²) in [5, 5.41) is 12.2. The van der Waals surface area contributed by atoms with Crippen LogP contribution in [0, 0.1) is 11.3 Å². The van der Waals surface area contributed by atoms with E-state index in [4.69, 9.17) is 14.2 Å². The zero-order valence-corrected chi connectivity index (χ0v) is 19.9. The zero-order valence-electron chi connectivity index (χ0n) is 18.3. The summed E-state index contributed by atoms with van der Waals surface area (Å²) in [6, 6.07) is 21.9. The number of carbonyl (C=O) groups is 1. The van der Waals surface area contributed by atoms with Crippen molar-refractivity contribution in [3.8, 4) is 23.3 Å². The fourth-order valence-corrected chi connectivity index (χ4v) is 3.38. The fraction of sp³-hybridized carbons (Fsp3) is 0.154. The molecule has 3 aromatic rings. The molecule has 0 aliphatic heterocycles. The monoisotopic (exact) mass is 506 g/mol. The number of halogens is 1. The van der Waals surface area contributed by atoms with Crippen LogP contribution in [0.4, 0.5) is 5.69 Å². The van der Waals surface area contributed by atoms with E-state index in [9.17, 15) is 10.1 Å². The van der Waals surface area contributed by atoms with Crippen molar-refractivity contribution in [3.63, 3.8) is 0 Å². The molecule has 0 atom stereocenters. The third kappa shape index (κ3) is 6.61. The molecule has 0 unspecified atom stereocenters. The van der Waals surface area contributed by atoms with Crippen molar-refractivity contribution in [2.75, 3.05) is 19.0 Å². The number of rotatable bonds is 9. The van der Waals surface area contributed by atoms with E-state index in [2.05, 4.69) is 21.2 Å². The quantitative estimate of drug-likeness (QED) is 0.285. The van der Waals surface area contributed by atoms with E-state index < -0.39 is 5.91 Å². The van der Waals surface area contributed by atoms with Gasteiger partial charge in [0.1, 0.15) is 24.0 Å². The topological polar surface area (TPSA) is 80.6 Å². The van der Waals surface area contributed by atoms with Gasteiger partial charge in [-0.3, -0.25) is 4.79 Å². The first-order valence-corrected chi connectivity index (χ1v) is 11.0. The Kier molecular flexibility index (Phi) is 8.50. The lowest BCUT2D eigenvalue weighted by Crippen LogP contribution is -2.13. The second-order valence-electron chi connectivity index (χ2n) is 6.87. The molecule has 1 amide bonds. The van der Waals surface area contributed by atoms with Crippen LogP contribution in [0.1, 0.15) is 18.1 Å². The molecule has 33 heavy (non-hydrogen) atoms. The smallest absolute Gasteiger partial charge is 0.266 e. The molecule has 0 aliphatic rings. The van der Waals surface area contributed by atoms with Crippen molar-refractivity contribution in [1.29, 1.82) is 5.26 Å². The molecule has 0 heterocycles. The highest BCUT2D eigenvalue weighted by Crippen LogP contribution is 2.30. The Labute approximate surface area is 201 Å². The molecule has 0 fully saturated rings. The molecule has 0 aromatic heterocycles. The Hall–Kier alpha value is -3.76. The zero-order chi connectivity index (χ0) is 23.6. The summed E-state index contributed by atoms with van der Waals surface area (Å²) in [4.78, 5) is 12.6. The molecule has 3 aromatic carbocycles. The Bertz CT molecular complexity index is 1180. The predicted molar refractivity (Wildman–Crippen MR) is 131 cm³/mol. The van der Waals surface area contributed by atoms with Gasteiger partial charge in [0.2, 0.25) is 0 Å². The number of nitrogens with zero attached hydrogens (tertiary/aromatic N) is 1. The normalized spacial score (nSPS) is 10.8. The fourth-order valence-electron chi connectivity index (χ4n) is 2.98. The maximum absolute atomic E-state index is 12.6. The number of benzene rings is 3. The van der Waals surface area contributed by atoms with E-state index in [0.717, 1.165) is 10.0 Å². The molecule has 0 radical (unpaired) electrons. The number of amides is 1. The lowest BCUT2D eigenvalue weighted by molar-refractivity contribution is -0.112. The maximum Gasteiger partial charge on any atom is 0.266 e. The number of hydrogen-bond acceptors (Lipinski definition) is 5. The van der Waals surface area contributed by atoms with Gasteiger partial charge in [-0.05, 0) is 61.0 Å². The summed E-state index contributed by atoms with van der Waals surface area (Å²) < 4.78 is 17.7. The van der Waals surface area contributed by atoms with Gasteiger partial charge in [0.25, 0.3) is 5.91 Å². The van der Waals surface area contributed by atoms with E-state index in [-0.39, 0.29) is 5.57 Å². The average molecular weight is 507 g/mol. The second kappa shape index (κ2) is 11.7. The average Bonchev–Trinajstić information content (AvgIpc) is 2.83. The summed E-state index contributed by atoms with van der Waals surface area (Å²) >= 11 is 3.51. The van der Waals surface area contributed by atoms with Gasteiger partial charge < -0.3 is 19.5 Å². The lowest BCUT2D eigenvalue weighted by Gasteiger charge is -2.12. The first-order chi connectivity index (χ1) is 16.0. The summed E-state index contributed by atoms with van der Waals surface area (Å²) in [6.07, 6.45) is 1.50. The number of hydrogen-bond donors (Lipinski definition) is 1. The summed E-state index contributed by atoms with van der Waals surface area (Å²) in [5.41, 5.74) is 2.17. The highest BCUT2D eigenvalue weighted by Gasteiger charge is 2.12. The van der Waals surface area contributed by atoms with Crippen LogP contribution in [0.15, 0.2) is 76.8 Å². The number of ether oxygens (including phenoxy) is 3. The van der Waals surface area contributed by atoms with Gasteiger partial charge >= 0.3 is 0 Å². The summed E-state index contributed by atoms with van der Waals surface area (Å²) in [5.74, 6) is 1.26. The molecule has 7 heteroatoms. The van der Waals surface area contributed by atoms with Gasteiger partial charge in [0, 0.05) is 15.7 Å². The number of methoxy groups -OCH3 is 1. The number of carbonyl (C=O) groups excluding carboxylic acids is 1. The Morgan fingerprint density at radius 1 is 1.06 bits per heavy atom. The molecule has 168 valence electrons. The standard InChI is InChI=1S/C26H23BrN2O4/c1-3-32-22-11-9-21(10-12-22)29-26(30)20(16-28)14-18-8-13-24(25(15-18)31-2)33-17-19-6-4-5-7-23(19)27/h4-15H,3,17H2,1-2H3,(H,29,30)/b20-14+. The van der Waals surface area contributed by atoms with Crippen LogP contribution in [0.25, 0.3) is 6.08 Å². The molecule has 0 bridgehead atoms. The van der Waals surface area contributed by atoms with E-state index in [0.29, 0.717) is 41.7 Å². The SMILES string of the molecule is CCOc1ccc(NC(=O)/C(C#N)=C/c2ccc(OCc3ccccc3Br)c(OC)c2)cc1. The van der Waals surface area contributed by atoms with E-state index >= 15 is 0 Å². The van der Waals surface area contributed by atoms with Crippen LogP contribution >= 0.6 is 15.9 Å². The van der Waals surface area contributed by atoms with Crippen molar-refractivity contribution >= 4 is 33.6 Å². The molecule has 0 saturated carbocycles. The van der Waals surface area contributed by atoms with Crippen molar-refractivity contribution in [2.45, 2.75) is 13.5 Å². The van der Waals surface area contributed by atoms with E-state index in [1.54, 1.807) is 42.5 Å². The number of nitriles is 1. The van der Waals surface area contributed by atoms with Crippen molar-refractivity contribution in [1.82, 2.24) is 0 Å². The Balaban J connectivity index is 1.72. The van der Waals surface area contributed by atoms with Crippen LogP contribution in [-0.4, -0.2) is 19.6 Å². The summed E-state index contributed by atoms with van der Waals surface area (Å²) in [6.45, 7) is 2.82. The summed E-state index contributed by atoms with van der Waals surface area (Å²) in [7, 11) is 1.54. The van der Waals surface area contributed by atoms with Crippen LogP contribution in [0.5, 0.6) is 17.2 Å². The second-order valence-corrected chi connectivity index (χ2v) is 7.73. The minimum atomic E-state index is -0.505. The first-order valence-electron chi connectivity index (χ1n) is 10.2. The van der Waals surface area contributed by atoms with E-state index in [1.807, 2.05) is 37.3 Å². The number of anilines is 1. The molecular weight excluding hydrogens is 484 g/mol. The van der Waals surface area contributed by atoms with Crippen LogP contribution in [0.2, 0.25) is 0 Å². The molecule has 0 spiro atoms. The van der Waals surface area contributed by atoms with Crippen molar-refractivity contribution < 1.29 is 19.0 Å². The van der Waals surface area contributed by atoms with Gasteiger partial charge in [-0.15, -0.1) is 0 Å². The van der Waals surface area contributed by atoms with Gasteiger partial charge in [-0.1, -0.05) is 40.2 Å². The highest BCUT2D eigenvalue weighted by atomic mass is 79.9. The Morgan fingerprint density at radius 3 is 2.48 bits per heavy atom. The largest absolute Gasteiger partial charge is 0.494 e. The lowest BCUT2D eigenvalue weighted by atomic mass is 10.1. The molecule has 6 nitrogen and oxygen atoms in total. The minimum Gasteiger partial charge on any atom is -0.494 e. The maximum atomic E-state index is 12.6. The molecular formula is C26H23BrN2O4. The van der Waals surface area contributed by atoms with Gasteiger partial charge in [0.05, 0.1) is 13.7 Å². The van der Waals surface area contributed by atoms with Gasteiger partial charge in [-0.2, -0.15) is 5.26 Å². The van der Waals surface area contributed by atoms with Gasteiger partial charge in [-0.25, -0.2) is 0 Å². The van der Waals surface area contributed by atoms with Crippen molar-refractivity contribution in [2.24, 2.45) is 0 Å². The van der Waals surface area contributed by atoms with Gasteiger partial charge in [0.15, 0.2) is 11.5 Å². The molecule has 1 N–H and O–H groups in total. The first kappa shape index (κ1) is 23.9. The molecule has 0 aliphatic carbocycles. The van der Waals surface area contributed by atoms with E-state index in [1.165, 1.54) is 13.2 Å². The number of nitrogens with one attached hydrogen (secondary N) is 1. The van der Waals surface area contributed by atoms with Crippen molar-refractivity contribution in [3.05, 3.63) is 87.9 Å². The Morgan fingerprint density at radius 2 is 1.82 bits per heavy atom. The molecule has 0 saturated heterocycles. The predicted octanol–water partition coefficient (Wildman–Crippen LogP) is 5.98. The third-order valence-electron chi connectivity index (χ3n) is 4.63. The minimum absolute atomic E-state index is 0.0344. The molecule has 3 rings (SSSR count). The van der Waals surface area contributed by atoms with Crippen LogP contribution < -0.4 is 19.5 Å². The highest BCUT2D eigenvalue weighted by molar-refractivity contribution is 9.10. The third-order valence-corrected chi connectivity index (χ3v) is 5.40. The van der Waals surface area contributed by atoms with Crippen LogP contribution in [-0.2, 0) is 11.4 Å². The van der Waals surface area contributed by atoms with Crippen LogP contribution in [0.3, 0.4) is 0 Å².